The topological polar surface area (TPSA) is 50.4 Å². The van der Waals surface area contributed by atoms with Gasteiger partial charge in [-0.05, 0) is 44.6 Å². The zero-order valence-electron chi connectivity index (χ0n) is 16.6. The third-order valence-corrected chi connectivity index (χ3v) is 4.44. The molecule has 0 bridgehead atoms. The highest BCUT2D eigenvalue weighted by Crippen LogP contribution is 2.23. The number of fused-ring (bicyclic) bond motifs is 1. The van der Waals surface area contributed by atoms with Gasteiger partial charge in [0.1, 0.15) is 5.60 Å². The molecule has 0 aliphatic carbocycles. The summed E-state index contributed by atoms with van der Waals surface area (Å²) in [5.74, 6) is 0.356. The second-order valence-electron chi connectivity index (χ2n) is 7.93. The summed E-state index contributed by atoms with van der Waals surface area (Å²) in [6.45, 7) is 10.6. The van der Waals surface area contributed by atoms with Crippen molar-refractivity contribution in [1.29, 1.82) is 0 Å². The standard InChI is InChI=1S/C22H32N2O2/c1-6-10-16(2)20(24-21(25)26-22(3,4)5)15-23-19-14-9-12-17-11-7-8-13-18(17)19/h7-9,11-14,16,20,23H,6,10,15H2,1-5H3,(H,24,25). The van der Waals surface area contributed by atoms with E-state index in [0.29, 0.717) is 12.5 Å². The van der Waals surface area contributed by atoms with E-state index in [1.165, 1.54) is 10.8 Å². The average Bonchev–Trinajstić information content (AvgIpc) is 2.57. The Bertz CT molecular complexity index is 716. The van der Waals surface area contributed by atoms with E-state index in [-0.39, 0.29) is 12.1 Å². The second kappa shape index (κ2) is 8.93. The summed E-state index contributed by atoms with van der Waals surface area (Å²) in [4.78, 5) is 12.2. The first-order valence-electron chi connectivity index (χ1n) is 9.51. The lowest BCUT2D eigenvalue weighted by molar-refractivity contribution is 0.0490. The van der Waals surface area contributed by atoms with Crippen LogP contribution in [0.15, 0.2) is 42.5 Å². The van der Waals surface area contributed by atoms with E-state index in [1.54, 1.807) is 0 Å². The van der Waals surface area contributed by atoms with Crippen molar-refractivity contribution in [3.05, 3.63) is 42.5 Å². The predicted molar refractivity (Wildman–Crippen MR) is 110 cm³/mol. The van der Waals surface area contributed by atoms with Gasteiger partial charge >= 0.3 is 6.09 Å². The van der Waals surface area contributed by atoms with Gasteiger partial charge in [-0.15, -0.1) is 0 Å². The van der Waals surface area contributed by atoms with Crippen molar-refractivity contribution in [2.24, 2.45) is 5.92 Å². The average molecular weight is 357 g/mol. The summed E-state index contributed by atoms with van der Waals surface area (Å²) in [5, 5.41) is 8.97. The molecule has 2 aromatic rings. The van der Waals surface area contributed by atoms with Crippen LogP contribution in [0.3, 0.4) is 0 Å². The highest BCUT2D eigenvalue weighted by atomic mass is 16.6. The Morgan fingerprint density at radius 1 is 1.12 bits per heavy atom. The Labute approximate surface area is 157 Å². The number of nitrogens with one attached hydrogen (secondary N) is 2. The monoisotopic (exact) mass is 356 g/mol. The van der Waals surface area contributed by atoms with Crippen molar-refractivity contribution >= 4 is 22.6 Å². The van der Waals surface area contributed by atoms with Gasteiger partial charge in [0, 0.05) is 17.6 Å². The molecule has 2 unspecified atom stereocenters. The zero-order chi connectivity index (χ0) is 19.2. The van der Waals surface area contributed by atoms with Crippen molar-refractivity contribution in [2.45, 2.75) is 59.1 Å². The summed E-state index contributed by atoms with van der Waals surface area (Å²) in [7, 11) is 0. The van der Waals surface area contributed by atoms with E-state index < -0.39 is 5.60 Å². The lowest BCUT2D eigenvalue weighted by Crippen LogP contribution is -2.46. The van der Waals surface area contributed by atoms with E-state index in [1.807, 2.05) is 32.9 Å². The minimum absolute atomic E-state index is 0.00349. The highest BCUT2D eigenvalue weighted by Gasteiger charge is 2.23. The fourth-order valence-corrected chi connectivity index (χ4v) is 3.11. The van der Waals surface area contributed by atoms with Crippen LogP contribution in [0.2, 0.25) is 0 Å². The molecule has 2 atom stereocenters. The van der Waals surface area contributed by atoms with Gasteiger partial charge in [0.25, 0.3) is 0 Å². The molecule has 4 heteroatoms. The molecule has 2 rings (SSSR count). The van der Waals surface area contributed by atoms with Gasteiger partial charge in [-0.2, -0.15) is 0 Å². The molecule has 0 spiro atoms. The fraction of sp³-hybridized carbons (Fsp3) is 0.500. The van der Waals surface area contributed by atoms with Crippen molar-refractivity contribution in [3.63, 3.8) is 0 Å². The first kappa shape index (κ1) is 20.1. The number of carbonyl (C=O) groups is 1. The molecule has 0 aliphatic rings. The number of ether oxygens (including phenoxy) is 1. The molecule has 0 aromatic heterocycles. The summed E-state index contributed by atoms with van der Waals surface area (Å²) in [5.41, 5.74) is 0.592. The summed E-state index contributed by atoms with van der Waals surface area (Å²) < 4.78 is 5.44. The van der Waals surface area contributed by atoms with E-state index in [2.05, 4.69) is 54.8 Å². The molecule has 0 fully saturated rings. The molecule has 1 amide bonds. The van der Waals surface area contributed by atoms with Gasteiger partial charge in [0.05, 0.1) is 6.04 Å². The van der Waals surface area contributed by atoms with Gasteiger partial charge in [-0.1, -0.05) is 56.7 Å². The highest BCUT2D eigenvalue weighted by molar-refractivity contribution is 5.93. The lowest BCUT2D eigenvalue weighted by atomic mass is 9.96. The van der Waals surface area contributed by atoms with Crippen molar-refractivity contribution < 1.29 is 9.53 Å². The maximum absolute atomic E-state index is 12.2. The Morgan fingerprint density at radius 2 is 1.81 bits per heavy atom. The third kappa shape index (κ3) is 5.94. The van der Waals surface area contributed by atoms with E-state index >= 15 is 0 Å². The molecule has 0 heterocycles. The Hall–Kier alpha value is -2.23. The Balaban J connectivity index is 2.09. The van der Waals surface area contributed by atoms with Crippen molar-refractivity contribution in [1.82, 2.24) is 5.32 Å². The number of alkyl carbamates (subject to hydrolysis) is 1. The normalized spacial score (nSPS) is 13.9. The maximum Gasteiger partial charge on any atom is 0.407 e. The predicted octanol–water partition coefficient (Wildman–Crippen LogP) is 5.58. The van der Waals surface area contributed by atoms with Crippen LogP contribution in [-0.2, 0) is 4.74 Å². The van der Waals surface area contributed by atoms with Gasteiger partial charge in [0.2, 0.25) is 0 Å². The Kier molecular flexibility index (Phi) is 6.90. The van der Waals surface area contributed by atoms with Crippen molar-refractivity contribution in [3.8, 4) is 0 Å². The van der Waals surface area contributed by atoms with Crippen LogP contribution in [0.4, 0.5) is 10.5 Å². The summed E-state index contributed by atoms with van der Waals surface area (Å²) in [6, 6.07) is 14.6. The van der Waals surface area contributed by atoms with Gasteiger partial charge in [-0.25, -0.2) is 4.79 Å². The first-order chi connectivity index (χ1) is 12.3. The van der Waals surface area contributed by atoms with Crippen LogP contribution in [0.25, 0.3) is 10.8 Å². The van der Waals surface area contributed by atoms with Crippen LogP contribution >= 0.6 is 0 Å². The van der Waals surface area contributed by atoms with Crippen molar-refractivity contribution in [2.75, 3.05) is 11.9 Å². The van der Waals surface area contributed by atoms with E-state index in [9.17, 15) is 4.79 Å². The molecule has 2 aromatic carbocycles. The van der Waals surface area contributed by atoms with E-state index in [0.717, 1.165) is 18.5 Å². The summed E-state index contributed by atoms with van der Waals surface area (Å²) in [6.07, 6.45) is 1.78. The quantitative estimate of drug-likeness (QED) is 0.681. The third-order valence-electron chi connectivity index (χ3n) is 4.44. The van der Waals surface area contributed by atoms with Crippen LogP contribution in [-0.4, -0.2) is 24.3 Å². The fourth-order valence-electron chi connectivity index (χ4n) is 3.11. The number of hydrogen-bond acceptors (Lipinski definition) is 3. The number of amides is 1. The lowest BCUT2D eigenvalue weighted by Gasteiger charge is -2.28. The molecule has 0 aliphatic heterocycles. The zero-order valence-corrected chi connectivity index (χ0v) is 16.6. The van der Waals surface area contributed by atoms with E-state index in [4.69, 9.17) is 4.74 Å². The largest absolute Gasteiger partial charge is 0.444 e. The van der Waals surface area contributed by atoms with Gasteiger partial charge < -0.3 is 15.4 Å². The minimum atomic E-state index is -0.494. The van der Waals surface area contributed by atoms with Crippen LogP contribution in [0.5, 0.6) is 0 Å². The second-order valence-corrected chi connectivity index (χ2v) is 7.93. The van der Waals surface area contributed by atoms with Crippen LogP contribution in [0.1, 0.15) is 47.5 Å². The molecule has 4 nitrogen and oxygen atoms in total. The molecule has 0 radical (unpaired) electrons. The molecule has 0 saturated carbocycles. The number of benzene rings is 2. The number of rotatable bonds is 7. The molecule has 0 saturated heterocycles. The Morgan fingerprint density at radius 3 is 2.50 bits per heavy atom. The van der Waals surface area contributed by atoms with Gasteiger partial charge in [0.15, 0.2) is 0 Å². The summed E-state index contributed by atoms with van der Waals surface area (Å²) >= 11 is 0. The number of carbonyl (C=O) groups excluding carboxylic acids is 1. The molecule has 26 heavy (non-hydrogen) atoms. The molecular weight excluding hydrogens is 324 g/mol. The molecule has 142 valence electrons. The first-order valence-corrected chi connectivity index (χ1v) is 9.51. The minimum Gasteiger partial charge on any atom is -0.444 e. The molecular formula is C22H32N2O2. The van der Waals surface area contributed by atoms with Crippen LogP contribution in [0, 0.1) is 5.92 Å². The maximum atomic E-state index is 12.2. The molecule has 2 N–H and O–H groups in total. The number of anilines is 1. The smallest absolute Gasteiger partial charge is 0.407 e. The number of hydrogen-bond donors (Lipinski definition) is 2. The van der Waals surface area contributed by atoms with Crippen LogP contribution < -0.4 is 10.6 Å². The SMILES string of the molecule is CCCC(C)C(CNc1cccc2ccccc12)NC(=O)OC(C)(C)C. The van der Waals surface area contributed by atoms with Gasteiger partial charge in [-0.3, -0.25) is 0 Å².